The zero-order chi connectivity index (χ0) is 74.0. The molecule has 0 rings (SSSR count). The van der Waals surface area contributed by atoms with Crippen LogP contribution in [0.2, 0.25) is 0 Å². The molecule has 0 aromatic rings. The lowest BCUT2D eigenvalue weighted by molar-refractivity contribution is -0.870. The molecule has 2 atom stereocenters. The second-order valence-electron chi connectivity index (χ2n) is 30.1. The summed E-state index contributed by atoms with van der Waals surface area (Å²) in [6, 6.07) is 0. The molecular formula is C92H164NO8P. The first-order chi connectivity index (χ1) is 50.0. The lowest BCUT2D eigenvalue weighted by atomic mass is 10.0. The van der Waals surface area contributed by atoms with E-state index in [9.17, 15) is 19.0 Å². The molecule has 9 nitrogen and oxygen atoms in total. The lowest BCUT2D eigenvalue weighted by Gasteiger charge is -2.28. The smallest absolute Gasteiger partial charge is 0.306 e. The van der Waals surface area contributed by atoms with Gasteiger partial charge in [-0.05, 0) is 103 Å². The average Bonchev–Trinajstić information content (AvgIpc) is 0.916. The van der Waals surface area contributed by atoms with Crippen molar-refractivity contribution in [3.8, 4) is 0 Å². The van der Waals surface area contributed by atoms with E-state index in [0.717, 1.165) is 96.3 Å². The Kier molecular flexibility index (Phi) is 78.6. The zero-order valence-electron chi connectivity index (χ0n) is 67.5. The summed E-state index contributed by atoms with van der Waals surface area (Å²) in [4.78, 5) is 38.3. The number of carbonyl (C=O) groups excluding carboxylic acids is 2. The summed E-state index contributed by atoms with van der Waals surface area (Å²) in [5.74, 6) is -0.814. The average molecular weight is 1440 g/mol. The van der Waals surface area contributed by atoms with Crippen LogP contribution in [0.4, 0.5) is 0 Å². The van der Waals surface area contributed by atoms with E-state index in [1.807, 2.05) is 21.1 Å². The van der Waals surface area contributed by atoms with E-state index in [0.29, 0.717) is 17.4 Å². The van der Waals surface area contributed by atoms with E-state index in [1.54, 1.807) is 0 Å². The fraction of sp³-hybridized carbons (Fsp3) is 0.761. The molecule has 0 N–H and O–H groups in total. The quantitative estimate of drug-likeness (QED) is 0.0195. The van der Waals surface area contributed by atoms with Gasteiger partial charge in [-0.1, -0.05) is 405 Å². The Hall–Kier alpha value is -3.59. The highest BCUT2D eigenvalue weighted by molar-refractivity contribution is 7.45. The van der Waals surface area contributed by atoms with Crippen LogP contribution in [0.25, 0.3) is 0 Å². The summed E-state index contributed by atoms with van der Waals surface area (Å²) >= 11 is 0. The number of rotatable bonds is 80. The van der Waals surface area contributed by atoms with Gasteiger partial charge in [-0.3, -0.25) is 14.2 Å². The number of carbonyl (C=O) groups is 2. The maximum atomic E-state index is 12.9. The number of hydrogen-bond acceptors (Lipinski definition) is 8. The number of ether oxygens (including phenoxy) is 2. The molecule has 0 amide bonds. The molecule has 0 aliphatic rings. The first-order valence-corrected chi connectivity index (χ1v) is 44.7. The summed E-state index contributed by atoms with van der Waals surface area (Å²) < 4.78 is 34.5. The Morgan fingerprint density at radius 3 is 0.784 bits per heavy atom. The topological polar surface area (TPSA) is 111 Å². The minimum atomic E-state index is -4.65. The molecule has 2 unspecified atom stereocenters. The number of esters is 2. The molecule has 0 bridgehead atoms. The van der Waals surface area contributed by atoms with Gasteiger partial charge in [0.25, 0.3) is 7.82 Å². The molecule has 10 heteroatoms. The van der Waals surface area contributed by atoms with Gasteiger partial charge in [-0.2, -0.15) is 0 Å². The van der Waals surface area contributed by atoms with Crippen LogP contribution in [0.15, 0.2) is 122 Å². The lowest BCUT2D eigenvalue weighted by Crippen LogP contribution is -2.37. The summed E-state index contributed by atoms with van der Waals surface area (Å²) in [6.45, 7) is 4.07. The first kappa shape index (κ1) is 98.4. The van der Waals surface area contributed by atoms with E-state index in [4.69, 9.17) is 18.5 Å². The van der Waals surface area contributed by atoms with Gasteiger partial charge in [0.05, 0.1) is 27.7 Å². The molecule has 0 aliphatic heterocycles. The van der Waals surface area contributed by atoms with Gasteiger partial charge >= 0.3 is 11.9 Å². The predicted molar refractivity (Wildman–Crippen MR) is 443 cm³/mol. The van der Waals surface area contributed by atoms with E-state index < -0.39 is 26.5 Å². The largest absolute Gasteiger partial charge is 0.756 e. The van der Waals surface area contributed by atoms with Gasteiger partial charge < -0.3 is 27.9 Å². The Bertz CT molecular complexity index is 2140. The van der Waals surface area contributed by atoms with Crippen LogP contribution in [-0.2, 0) is 32.7 Å². The highest BCUT2D eigenvalue weighted by Crippen LogP contribution is 2.38. The summed E-state index contributed by atoms with van der Waals surface area (Å²) in [6.07, 6.45) is 118. The number of phosphoric ester groups is 1. The number of quaternary nitrogens is 1. The zero-order valence-corrected chi connectivity index (χ0v) is 68.4. The molecule has 0 fully saturated rings. The Morgan fingerprint density at radius 2 is 0.529 bits per heavy atom. The standard InChI is InChI=1S/C92H164NO8P/c1-6-8-10-12-14-16-18-20-22-24-26-28-30-32-34-36-38-40-42-44-45-46-47-49-51-53-55-57-59-61-63-65-67-69-71-73-75-77-79-81-83-85-92(95)101-90(89-100-102(96,97)99-87-86-93(3,4)5)88-98-91(94)84-82-80-78-76-74-72-70-68-66-64-62-60-58-56-54-52-50-48-43-41-39-37-35-33-31-29-27-25-23-21-19-17-15-13-11-9-7-2/h8-11,14-17,20-23,26-29,32-35,90H,6-7,12-13,18-19,24-25,30-31,36-89H2,1-5H3/b10-8-,11-9-,16-14-,17-15-,22-20-,23-21-,28-26-,29-27-,34-32-,35-33-. The van der Waals surface area contributed by atoms with Gasteiger partial charge in [-0.25, -0.2) is 0 Å². The minimum Gasteiger partial charge on any atom is -0.756 e. The minimum absolute atomic E-state index is 0.0307. The van der Waals surface area contributed by atoms with Crippen LogP contribution in [0, 0.1) is 0 Å². The van der Waals surface area contributed by atoms with Crippen molar-refractivity contribution in [2.24, 2.45) is 0 Å². The maximum Gasteiger partial charge on any atom is 0.306 e. The van der Waals surface area contributed by atoms with Crippen molar-refractivity contribution in [3.05, 3.63) is 122 Å². The van der Waals surface area contributed by atoms with Crippen molar-refractivity contribution < 1.29 is 42.1 Å². The fourth-order valence-corrected chi connectivity index (χ4v) is 13.2. The molecule has 0 saturated carbocycles. The number of likely N-dealkylation sites (N-methyl/N-ethyl adjacent to an activating group) is 1. The van der Waals surface area contributed by atoms with Crippen molar-refractivity contribution >= 4 is 19.8 Å². The third kappa shape index (κ3) is 85.3. The van der Waals surface area contributed by atoms with Gasteiger partial charge in [-0.15, -0.1) is 0 Å². The normalized spacial score (nSPS) is 13.6. The fourth-order valence-electron chi connectivity index (χ4n) is 12.5. The molecular weight excluding hydrogens is 1280 g/mol. The maximum absolute atomic E-state index is 12.9. The van der Waals surface area contributed by atoms with Crippen molar-refractivity contribution in [2.45, 2.75) is 405 Å². The van der Waals surface area contributed by atoms with Crippen LogP contribution in [0.1, 0.15) is 399 Å². The Balaban J connectivity index is 3.88. The molecule has 0 aromatic carbocycles. The number of unbranched alkanes of at least 4 members (excludes halogenated alkanes) is 46. The Morgan fingerprint density at radius 1 is 0.304 bits per heavy atom. The van der Waals surface area contributed by atoms with E-state index >= 15 is 0 Å². The van der Waals surface area contributed by atoms with Gasteiger partial charge in [0, 0.05) is 12.8 Å². The highest BCUT2D eigenvalue weighted by atomic mass is 31.2. The second-order valence-corrected chi connectivity index (χ2v) is 31.6. The highest BCUT2D eigenvalue weighted by Gasteiger charge is 2.22. The molecule has 0 saturated heterocycles. The Labute approximate surface area is 632 Å². The van der Waals surface area contributed by atoms with Crippen molar-refractivity contribution in [1.82, 2.24) is 0 Å². The van der Waals surface area contributed by atoms with Crippen molar-refractivity contribution in [3.63, 3.8) is 0 Å². The third-order valence-corrected chi connectivity index (χ3v) is 19.9. The molecule has 0 heterocycles. The number of hydrogen-bond donors (Lipinski definition) is 0. The van der Waals surface area contributed by atoms with Crippen LogP contribution in [0.5, 0.6) is 0 Å². The van der Waals surface area contributed by atoms with E-state index in [2.05, 4.69) is 135 Å². The van der Waals surface area contributed by atoms with Crippen LogP contribution in [0.3, 0.4) is 0 Å². The molecule has 0 spiro atoms. The second kappa shape index (κ2) is 81.5. The molecule has 0 aromatic heterocycles. The SMILES string of the molecule is CC/C=C\C/C=C\C/C=C\C/C=C\C/C=C\CCCCCCCCCCCCCCCCCCCCCCCCCCCC(=O)OC(COC(=O)CCCCCCCCCCCCCCCCCCCCCCC/C=C\C/C=C\C/C=C\C/C=C\C/C=C\CC)COP(=O)([O-])OCC[N+](C)(C)C. The molecule has 0 radical (unpaired) electrons. The summed E-state index contributed by atoms with van der Waals surface area (Å²) in [5.41, 5.74) is 0. The molecule has 590 valence electrons. The van der Waals surface area contributed by atoms with Crippen LogP contribution >= 0.6 is 7.82 Å². The molecule has 0 aliphatic carbocycles. The molecule has 102 heavy (non-hydrogen) atoms. The van der Waals surface area contributed by atoms with Gasteiger partial charge in [0.2, 0.25) is 0 Å². The summed E-state index contributed by atoms with van der Waals surface area (Å²) in [7, 11) is 1.18. The summed E-state index contributed by atoms with van der Waals surface area (Å²) in [5, 5.41) is 0. The first-order valence-electron chi connectivity index (χ1n) is 43.2. The van der Waals surface area contributed by atoms with Crippen LogP contribution in [-0.4, -0.2) is 70.0 Å². The number of phosphoric acid groups is 1. The monoisotopic (exact) mass is 1440 g/mol. The van der Waals surface area contributed by atoms with E-state index in [-0.39, 0.29) is 32.0 Å². The van der Waals surface area contributed by atoms with Crippen molar-refractivity contribution in [2.75, 3.05) is 47.5 Å². The predicted octanol–water partition coefficient (Wildman–Crippen LogP) is 28.7. The van der Waals surface area contributed by atoms with Gasteiger partial charge in [0.1, 0.15) is 19.8 Å². The van der Waals surface area contributed by atoms with Crippen LogP contribution < -0.4 is 4.89 Å². The number of allylic oxidation sites excluding steroid dienone is 20. The third-order valence-electron chi connectivity index (χ3n) is 19.0. The number of nitrogens with zero attached hydrogens (tertiary/aromatic N) is 1. The van der Waals surface area contributed by atoms with E-state index in [1.165, 1.54) is 270 Å². The van der Waals surface area contributed by atoms with Gasteiger partial charge in [0.15, 0.2) is 6.10 Å². The van der Waals surface area contributed by atoms with Crippen molar-refractivity contribution in [1.29, 1.82) is 0 Å².